The monoisotopic (exact) mass is 527 g/mol. The van der Waals surface area contributed by atoms with Crippen LogP contribution in [0.3, 0.4) is 0 Å². The van der Waals surface area contributed by atoms with Crippen LogP contribution in [0.15, 0.2) is 73.7 Å². The van der Waals surface area contributed by atoms with Gasteiger partial charge in [0.2, 0.25) is 11.9 Å². The van der Waals surface area contributed by atoms with E-state index < -0.39 is 0 Å². The summed E-state index contributed by atoms with van der Waals surface area (Å²) in [5.41, 5.74) is 4.99. The Hall–Kier alpha value is -4.01. The number of nitrogens with zero attached hydrogens (tertiary/aromatic N) is 5. The summed E-state index contributed by atoms with van der Waals surface area (Å²) in [5, 5.41) is 7.74. The summed E-state index contributed by atoms with van der Waals surface area (Å²) in [7, 11) is 4.23. The number of pyridine rings is 1. The minimum absolute atomic E-state index is 0.262. The molecule has 0 unspecified atom stereocenters. The number of benzene rings is 2. The van der Waals surface area contributed by atoms with Gasteiger partial charge in [0.05, 0.1) is 21.9 Å². The first-order valence-corrected chi connectivity index (χ1v) is 12.9. The quantitative estimate of drug-likeness (QED) is 0.296. The van der Waals surface area contributed by atoms with E-state index in [-0.39, 0.29) is 5.91 Å². The fraction of sp³-hybridized carbons (Fsp3) is 0.241. The van der Waals surface area contributed by atoms with Crippen molar-refractivity contribution in [3.05, 3.63) is 78.7 Å². The number of amides is 1. The number of piperidine rings is 1. The molecule has 0 bridgehead atoms. The Kier molecular flexibility index (Phi) is 7.53. The molecule has 2 N–H and O–H groups in total. The van der Waals surface area contributed by atoms with Gasteiger partial charge in [-0.2, -0.15) is 0 Å². The van der Waals surface area contributed by atoms with Crippen LogP contribution in [0.5, 0.6) is 0 Å². The van der Waals surface area contributed by atoms with E-state index in [9.17, 15) is 4.79 Å². The van der Waals surface area contributed by atoms with Crippen LogP contribution in [0.25, 0.3) is 22.0 Å². The van der Waals surface area contributed by atoms with Crippen molar-refractivity contribution in [2.75, 3.05) is 42.7 Å². The number of para-hydroxylation sites is 1. The molecule has 1 amide bonds. The third-order valence-corrected chi connectivity index (χ3v) is 7.15. The summed E-state index contributed by atoms with van der Waals surface area (Å²) in [6.45, 7) is 5.71. The summed E-state index contributed by atoms with van der Waals surface area (Å²) in [4.78, 5) is 30.4. The van der Waals surface area contributed by atoms with Crippen LogP contribution in [0.2, 0.25) is 5.02 Å². The average molecular weight is 528 g/mol. The lowest BCUT2D eigenvalue weighted by atomic mass is 10.0. The van der Waals surface area contributed by atoms with Crippen LogP contribution in [0.1, 0.15) is 12.8 Å². The van der Waals surface area contributed by atoms with Crippen LogP contribution in [-0.2, 0) is 4.79 Å². The number of halogens is 1. The van der Waals surface area contributed by atoms with Gasteiger partial charge in [-0.3, -0.25) is 9.78 Å². The second-order valence-corrected chi connectivity index (χ2v) is 9.96. The fourth-order valence-corrected chi connectivity index (χ4v) is 5.00. The number of nitrogens with one attached hydrogen (secondary N) is 2. The maximum absolute atomic E-state index is 12.3. The third-order valence-electron chi connectivity index (χ3n) is 6.94. The normalized spacial score (nSPS) is 14.3. The molecule has 194 valence electrons. The molecular weight excluding hydrogens is 498 g/mol. The second-order valence-electron chi connectivity index (χ2n) is 9.52. The standard InChI is InChI=1S/C29H30ClN7O/c1-4-27(38)34-25-15-22(8-9-26(25)37(3)23-10-12-36(2)13-11-23)33-29-32-17-19-6-5-7-24(28(19)35-29)20-14-21(30)18-31-16-20/h4-9,14-18,23H,1,10-13H2,2-3H3,(H,34,38)(H,32,33,35). The molecule has 9 heteroatoms. The van der Waals surface area contributed by atoms with Crippen molar-refractivity contribution in [3.8, 4) is 11.1 Å². The number of hydrogen-bond donors (Lipinski definition) is 2. The number of aromatic nitrogens is 3. The minimum atomic E-state index is -0.262. The maximum atomic E-state index is 12.3. The van der Waals surface area contributed by atoms with E-state index in [0.29, 0.717) is 22.7 Å². The molecule has 1 aliphatic rings. The van der Waals surface area contributed by atoms with Gasteiger partial charge < -0.3 is 20.4 Å². The molecule has 0 radical (unpaired) electrons. The molecule has 0 atom stereocenters. The van der Waals surface area contributed by atoms with E-state index in [1.165, 1.54) is 6.08 Å². The molecule has 0 spiro atoms. The summed E-state index contributed by atoms with van der Waals surface area (Å²) >= 11 is 6.19. The second kappa shape index (κ2) is 11.2. The molecule has 2 aromatic carbocycles. The highest BCUT2D eigenvalue weighted by Crippen LogP contribution is 2.33. The Morgan fingerprint density at radius 2 is 1.97 bits per heavy atom. The molecule has 8 nitrogen and oxygen atoms in total. The first kappa shape index (κ1) is 25.6. The Morgan fingerprint density at radius 1 is 1.16 bits per heavy atom. The molecule has 0 aliphatic carbocycles. The molecule has 4 aromatic rings. The van der Waals surface area contributed by atoms with Gasteiger partial charge in [-0.05, 0) is 63.3 Å². The van der Waals surface area contributed by atoms with Crippen molar-refractivity contribution < 1.29 is 4.79 Å². The zero-order valence-electron chi connectivity index (χ0n) is 21.5. The first-order chi connectivity index (χ1) is 18.4. The summed E-state index contributed by atoms with van der Waals surface area (Å²) in [5.74, 6) is 0.180. The van der Waals surface area contributed by atoms with Gasteiger partial charge in [0, 0.05) is 53.9 Å². The lowest BCUT2D eigenvalue weighted by Gasteiger charge is -2.37. The van der Waals surface area contributed by atoms with E-state index in [0.717, 1.165) is 59.3 Å². The Balaban J connectivity index is 1.46. The SMILES string of the molecule is C=CC(=O)Nc1cc(Nc2ncc3cccc(-c4cncc(Cl)c4)c3n2)ccc1N(C)C1CCN(C)CC1. The molecule has 2 aromatic heterocycles. The summed E-state index contributed by atoms with van der Waals surface area (Å²) in [6.07, 6.45) is 8.57. The van der Waals surface area contributed by atoms with Crippen LogP contribution < -0.4 is 15.5 Å². The lowest BCUT2D eigenvalue weighted by Crippen LogP contribution is -2.42. The Labute approximate surface area is 227 Å². The van der Waals surface area contributed by atoms with Crippen molar-refractivity contribution in [2.24, 2.45) is 0 Å². The molecule has 5 rings (SSSR count). The van der Waals surface area contributed by atoms with Crippen LogP contribution >= 0.6 is 11.6 Å². The van der Waals surface area contributed by atoms with Crippen molar-refractivity contribution in [3.63, 3.8) is 0 Å². The Morgan fingerprint density at radius 3 is 2.74 bits per heavy atom. The largest absolute Gasteiger partial charge is 0.370 e. The number of likely N-dealkylation sites (tertiary alicyclic amines) is 1. The highest BCUT2D eigenvalue weighted by Gasteiger charge is 2.23. The predicted octanol–water partition coefficient (Wildman–Crippen LogP) is 5.74. The van der Waals surface area contributed by atoms with Gasteiger partial charge in [-0.25, -0.2) is 9.97 Å². The third kappa shape index (κ3) is 5.61. The first-order valence-electron chi connectivity index (χ1n) is 12.5. The molecule has 0 saturated carbocycles. The highest BCUT2D eigenvalue weighted by molar-refractivity contribution is 6.30. The van der Waals surface area contributed by atoms with Gasteiger partial charge in [0.25, 0.3) is 0 Å². The van der Waals surface area contributed by atoms with Gasteiger partial charge in [0.1, 0.15) is 0 Å². The van der Waals surface area contributed by atoms with Gasteiger partial charge >= 0.3 is 0 Å². The minimum Gasteiger partial charge on any atom is -0.370 e. The van der Waals surface area contributed by atoms with E-state index in [2.05, 4.69) is 51.1 Å². The lowest BCUT2D eigenvalue weighted by molar-refractivity contribution is -0.111. The van der Waals surface area contributed by atoms with Crippen LogP contribution in [-0.4, -0.2) is 59.0 Å². The number of carbonyl (C=O) groups is 1. The van der Waals surface area contributed by atoms with Crippen molar-refractivity contribution in [1.82, 2.24) is 19.9 Å². The molecular formula is C29H30ClN7O. The van der Waals surface area contributed by atoms with E-state index in [1.807, 2.05) is 42.5 Å². The summed E-state index contributed by atoms with van der Waals surface area (Å²) in [6, 6.07) is 14.1. The predicted molar refractivity (Wildman–Crippen MR) is 155 cm³/mol. The number of anilines is 4. The smallest absolute Gasteiger partial charge is 0.247 e. The van der Waals surface area contributed by atoms with E-state index in [4.69, 9.17) is 16.6 Å². The molecule has 38 heavy (non-hydrogen) atoms. The number of fused-ring (bicyclic) bond motifs is 1. The number of carbonyl (C=O) groups excluding carboxylic acids is 1. The van der Waals surface area contributed by atoms with Crippen LogP contribution in [0, 0.1) is 0 Å². The van der Waals surface area contributed by atoms with Gasteiger partial charge in [-0.1, -0.05) is 36.4 Å². The van der Waals surface area contributed by atoms with Crippen molar-refractivity contribution in [2.45, 2.75) is 18.9 Å². The number of hydrogen-bond acceptors (Lipinski definition) is 7. The molecule has 1 fully saturated rings. The average Bonchev–Trinajstić information content (AvgIpc) is 2.93. The zero-order valence-corrected chi connectivity index (χ0v) is 22.2. The molecule has 1 aliphatic heterocycles. The highest BCUT2D eigenvalue weighted by atomic mass is 35.5. The van der Waals surface area contributed by atoms with E-state index >= 15 is 0 Å². The van der Waals surface area contributed by atoms with Crippen molar-refractivity contribution in [1.29, 1.82) is 0 Å². The Bertz CT molecular complexity index is 1480. The summed E-state index contributed by atoms with van der Waals surface area (Å²) < 4.78 is 0. The topological polar surface area (TPSA) is 86.3 Å². The van der Waals surface area contributed by atoms with Gasteiger partial charge in [-0.15, -0.1) is 0 Å². The van der Waals surface area contributed by atoms with Crippen LogP contribution in [0.4, 0.5) is 23.0 Å². The number of rotatable bonds is 7. The maximum Gasteiger partial charge on any atom is 0.247 e. The molecule has 1 saturated heterocycles. The van der Waals surface area contributed by atoms with Crippen molar-refractivity contribution >= 4 is 51.4 Å². The molecule has 3 heterocycles. The fourth-order valence-electron chi connectivity index (χ4n) is 4.82. The van der Waals surface area contributed by atoms with E-state index in [1.54, 1.807) is 18.6 Å². The van der Waals surface area contributed by atoms with Gasteiger partial charge in [0.15, 0.2) is 0 Å². The zero-order chi connectivity index (χ0) is 26.6.